The summed E-state index contributed by atoms with van der Waals surface area (Å²) < 4.78 is 6.17. The van der Waals surface area contributed by atoms with Crippen LogP contribution >= 0.6 is 11.6 Å². The maximum atomic E-state index is 11.2. The minimum Gasteiger partial charge on any atom is -0.491 e. The van der Waals surface area contributed by atoms with Gasteiger partial charge in [0.05, 0.1) is 11.6 Å². The van der Waals surface area contributed by atoms with Gasteiger partial charge in [0.15, 0.2) is 0 Å². The number of dihydropyridines is 1. The number of aliphatic hydroxyl groups is 1. The van der Waals surface area contributed by atoms with E-state index in [1.165, 1.54) is 5.57 Å². The molecule has 2 unspecified atom stereocenters. The fourth-order valence-corrected chi connectivity index (χ4v) is 5.64. The largest absolute Gasteiger partial charge is 0.491 e. The molecule has 0 radical (unpaired) electrons. The molecule has 3 aliphatic rings. The van der Waals surface area contributed by atoms with Crippen LogP contribution in [-0.2, 0) is 16.8 Å². The first-order valence-electron chi connectivity index (χ1n) is 12.9. The molecule has 2 aromatic rings. The highest BCUT2D eigenvalue weighted by Crippen LogP contribution is 2.40. The predicted molar refractivity (Wildman–Crippen MR) is 145 cm³/mol. The van der Waals surface area contributed by atoms with Crippen molar-refractivity contribution in [3.63, 3.8) is 0 Å². The van der Waals surface area contributed by atoms with Crippen LogP contribution in [0.1, 0.15) is 42.4 Å². The molecule has 36 heavy (non-hydrogen) atoms. The smallest absolute Gasteiger partial charge is 0.126 e. The minimum atomic E-state index is -0.785. The van der Waals surface area contributed by atoms with Crippen molar-refractivity contribution in [2.24, 2.45) is 10.9 Å². The van der Waals surface area contributed by atoms with E-state index >= 15 is 0 Å². The molecule has 0 bridgehead atoms. The van der Waals surface area contributed by atoms with Gasteiger partial charge in [-0.15, -0.1) is 0 Å². The van der Waals surface area contributed by atoms with Crippen LogP contribution in [0, 0.1) is 5.92 Å². The molecule has 3 heterocycles. The second-order valence-electron chi connectivity index (χ2n) is 9.95. The Labute approximate surface area is 218 Å². The number of hydrogen-bond acceptors (Lipinski definition) is 5. The van der Waals surface area contributed by atoms with Crippen LogP contribution in [0.2, 0.25) is 5.02 Å². The van der Waals surface area contributed by atoms with E-state index in [1.54, 1.807) is 0 Å². The topological polar surface area (TPSA) is 62.1 Å². The van der Waals surface area contributed by atoms with Gasteiger partial charge in [0, 0.05) is 48.8 Å². The molecule has 6 heteroatoms. The Balaban J connectivity index is 1.30. The highest BCUT2D eigenvalue weighted by Gasteiger charge is 2.34. The molecule has 0 saturated carbocycles. The maximum absolute atomic E-state index is 11.2. The summed E-state index contributed by atoms with van der Waals surface area (Å²) in [6.45, 7) is 3.20. The van der Waals surface area contributed by atoms with Crippen LogP contribution in [0.4, 0.5) is 0 Å². The van der Waals surface area contributed by atoms with Gasteiger partial charge in [-0.1, -0.05) is 42.0 Å². The summed E-state index contributed by atoms with van der Waals surface area (Å²) in [5.74, 6) is 1.06. The number of benzene rings is 2. The van der Waals surface area contributed by atoms with Crippen molar-refractivity contribution in [3.05, 3.63) is 82.4 Å². The van der Waals surface area contributed by atoms with E-state index in [2.05, 4.69) is 29.2 Å². The third-order valence-electron chi connectivity index (χ3n) is 7.65. The molecule has 5 rings (SSSR count). The molecule has 0 amide bonds. The van der Waals surface area contributed by atoms with Crippen LogP contribution < -0.4 is 4.74 Å². The number of rotatable bonds is 7. The average Bonchev–Trinajstić information content (AvgIpc) is 3.06. The van der Waals surface area contributed by atoms with E-state index in [-0.39, 0.29) is 12.0 Å². The molecule has 2 atom stereocenters. The zero-order chi connectivity index (χ0) is 25.0. The van der Waals surface area contributed by atoms with Crippen molar-refractivity contribution in [2.45, 2.75) is 43.7 Å². The molecule has 2 aromatic carbocycles. The van der Waals surface area contributed by atoms with Gasteiger partial charge in [-0.3, -0.25) is 4.99 Å². The number of fused-ring (bicyclic) bond motifs is 2. The van der Waals surface area contributed by atoms with Gasteiger partial charge in [0.2, 0.25) is 0 Å². The second kappa shape index (κ2) is 11.1. The number of aliphatic imine (C=N–C) groups is 1. The molecule has 0 aromatic heterocycles. The lowest BCUT2D eigenvalue weighted by molar-refractivity contribution is -0.107. The lowest BCUT2D eigenvalue weighted by atomic mass is 9.84. The highest BCUT2D eigenvalue weighted by molar-refractivity contribution is 6.30. The summed E-state index contributed by atoms with van der Waals surface area (Å²) in [6.07, 6.45) is 13.0. The van der Waals surface area contributed by atoms with Crippen molar-refractivity contribution in [1.29, 1.82) is 0 Å². The lowest BCUT2D eigenvalue weighted by Gasteiger charge is -2.38. The number of aldehydes is 1. The number of halogens is 1. The third kappa shape index (κ3) is 5.49. The van der Waals surface area contributed by atoms with Gasteiger partial charge in [-0.05, 0) is 72.7 Å². The quantitative estimate of drug-likeness (QED) is 0.523. The summed E-state index contributed by atoms with van der Waals surface area (Å²) in [5.41, 5.74) is 3.68. The lowest BCUT2D eigenvalue weighted by Crippen LogP contribution is -2.42. The first-order chi connectivity index (χ1) is 17.6. The number of hydrogen-bond donors (Lipinski definition) is 1. The summed E-state index contributed by atoms with van der Waals surface area (Å²) in [6, 6.07) is 13.9. The Hall–Kier alpha value is -2.73. The Kier molecular flexibility index (Phi) is 7.70. The van der Waals surface area contributed by atoms with E-state index < -0.39 is 5.60 Å². The van der Waals surface area contributed by atoms with E-state index in [9.17, 15) is 9.90 Å². The molecule has 0 spiro atoms. The molecule has 188 valence electrons. The van der Waals surface area contributed by atoms with E-state index in [0.29, 0.717) is 30.9 Å². The zero-order valence-electron chi connectivity index (χ0n) is 20.5. The van der Waals surface area contributed by atoms with E-state index in [0.717, 1.165) is 61.2 Å². The van der Waals surface area contributed by atoms with Crippen LogP contribution in [-0.4, -0.2) is 54.8 Å². The van der Waals surface area contributed by atoms with Gasteiger partial charge in [-0.2, -0.15) is 0 Å². The number of carbonyl (C=O) groups excluding carboxylic acids is 1. The Morgan fingerprint density at radius 1 is 1.14 bits per heavy atom. The fourth-order valence-electron chi connectivity index (χ4n) is 5.52. The van der Waals surface area contributed by atoms with Crippen LogP contribution in [0.3, 0.4) is 0 Å². The highest BCUT2D eigenvalue weighted by atomic mass is 35.5. The van der Waals surface area contributed by atoms with Crippen molar-refractivity contribution < 1.29 is 14.6 Å². The molecule has 0 aliphatic carbocycles. The van der Waals surface area contributed by atoms with Crippen molar-refractivity contribution in [1.82, 2.24) is 4.90 Å². The normalized spacial score (nSPS) is 24.0. The Bertz CT molecular complexity index is 1160. The minimum absolute atomic E-state index is 0.0662. The Morgan fingerprint density at radius 3 is 2.72 bits per heavy atom. The maximum Gasteiger partial charge on any atom is 0.126 e. The zero-order valence-corrected chi connectivity index (χ0v) is 21.2. The molecule has 1 N–H and O–H groups in total. The molecular formula is C30H33ClN2O3. The number of carbonyl (C=O) groups is 1. The predicted octanol–water partition coefficient (Wildman–Crippen LogP) is 5.25. The average molecular weight is 505 g/mol. The van der Waals surface area contributed by atoms with E-state index in [4.69, 9.17) is 21.3 Å². The SMILES string of the molecule is O=CCCc1ccc2c(c1)C(=CCCN1CCC(O)(c3ccc(Cl)cc3)CC1)C1C=CC=NC1CO2. The summed E-state index contributed by atoms with van der Waals surface area (Å²) in [7, 11) is 0. The molecule has 1 fully saturated rings. The summed E-state index contributed by atoms with van der Waals surface area (Å²) >= 11 is 6.03. The monoisotopic (exact) mass is 504 g/mol. The summed E-state index contributed by atoms with van der Waals surface area (Å²) in [5, 5.41) is 11.9. The number of nitrogens with zero attached hydrogens (tertiary/aromatic N) is 2. The first-order valence-corrected chi connectivity index (χ1v) is 13.2. The van der Waals surface area contributed by atoms with Crippen LogP contribution in [0.25, 0.3) is 5.57 Å². The first kappa shape index (κ1) is 24.9. The van der Waals surface area contributed by atoms with Crippen LogP contribution in [0.15, 0.2) is 65.7 Å². The number of piperidine rings is 1. The van der Waals surface area contributed by atoms with Crippen LogP contribution in [0.5, 0.6) is 5.75 Å². The number of likely N-dealkylation sites (tertiary alicyclic amines) is 1. The molecular weight excluding hydrogens is 472 g/mol. The third-order valence-corrected chi connectivity index (χ3v) is 7.90. The molecule has 5 nitrogen and oxygen atoms in total. The number of aryl methyl sites for hydroxylation is 1. The van der Waals surface area contributed by atoms with Crippen molar-refractivity contribution in [2.75, 3.05) is 26.2 Å². The van der Waals surface area contributed by atoms with Gasteiger partial charge in [-0.25, -0.2) is 0 Å². The van der Waals surface area contributed by atoms with E-state index in [1.807, 2.05) is 42.6 Å². The fraction of sp³-hybridized carbons (Fsp3) is 0.400. The molecule has 3 aliphatic heterocycles. The standard InChI is InChI=1S/C30H33ClN2O3/c31-24-10-8-23(9-11-24)30(35)13-17-33(18-14-30)16-2-6-25-26-5-1-15-32-28(26)21-36-29-12-7-22(4-3-19-34)20-27(25)29/h1,5-12,15,19-20,26,28,35H,2-4,13-14,16-18,21H2. The van der Waals surface area contributed by atoms with Gasteiger partial charge < -0.3 is 19.5 Å². The Morgan fingerprint density at radius 2 is 1.94 bits per heavy atom. The second-order valence-corrected chi connectivity index (χ2v) is 10.4. The van der Waals surface area contributed by atoms with Gasteiger partial charge in [0.25, 0.3) is 0 Å². The van der Waals surface area contributed by atoms with Crippen molar-refractivity contribution in [3.8, 4) is 5.75 Å². The van der Waals surface area contributed by atoms with Gasteiger partial charge >= 0.3 is 0 Å². The van der Waals surface area contributed by atoms with Crippen molar-refractivity contribution >= 4 is 29.7 Å². The number of allylic oxidation sites excluding steroid dienone is 1. The van der Waals surface area contributed by atoms with Gasteiger partial charge in [0.1, 0.15) is 18.6 Å². The number of ether oxygens (including phenoxy) is 1. The molecule has 1 saturated heterocycles. The summed E-state index contributed by atoms with van der Waals surface area (Å²) in [4.78, 5) is 18.0.